The van der Waals surface area contributed by atoms with Gasteiger partial charge in [-0.1, -0.05) is 12.1 Å². The normalized spacial score (nSPS) is 10.4. The van der Waals surface area contributed by atoms with Crippen molar-refractivity contribution in [2.45, 2.75) is 20.0 Å². The molecule has 1 aromatic rings. The van der Waals surface area contributed by atoms with E-state index in [1.54, 1.807) is 6.08 Å². The fourth-order valence-corrected chi connectivity index (χ4v) is 1.71. The van der Waals surface area contributed by atoms with Crippen LogP contribution < -0.4 is 4.74 Å². The van der Waals surface area contributed by atoms with Crippen molar-refractivity contribution in [3.05, 3.63) is 44.8 Å². The fraction of sp³-hybridized carbons (Fsp3) is 0.250. The average molecular weight is 310 g/mol. The quantitative estimate of drug-likeness (QED) is 0.363. The molecule has 0 unspecified atom stereocenters. The molecule has 0 bridgehead atoms. The Hall–Kier alpha value is -1.78. The van der Waals surface area contributed by atoms with Crippen LogP contribution in [0.25, 0.3) is 16.5 Å². The standard InChI is InChI=1S/C12H12BrN3O2/c1-8(2)18-11-5-3-9(7-10(11)13)4-6-12(17)15-16-14/h3-8H,1-2H3. The SMILES string of the molecule is CC(C)Oc1ccc(C=CC(=O)N=[N+]=[N-])cc1Br. The maximum absolute atomic E-state index is 11.0. The number of amides is 1. The smallest absolute Gasteiger partial charge is 0.242 e. The molecule has 1 amide bonds. The van der Waals surface area contributed by atoms with Gasteiger partial charge in [-0.25, -0.2) is 0 Å². The molecular formula is C12H12BrN3O2. The minimum Gasteiger partial charge on any atom is -0.490 e. The number of halogens is 1. The van der Waals surface area contributed by atoms with Gasteiger partial charge in [-0.05, 0) is 64.2 Å². The molecule has 0 spiro atoms. The first-order valence-electron chi connectivity index (χ1n) is 5.26. The van der Waals surface area contributed by atoms with E-state index in [0.717, 1.165) is 15.8 Å². The van der Waals surface area contributed by atoms with Crippen LogP contribution in [-0.4, -0.2) is 12.0 Å². The van der Waals surface area contributed by atoms with Gasteiger partial charge in [0.1, 0.15) is 5.75 Å². The Morgan fingerprint density at radius 1 is 1.56 bits per heavy atom. The largest absolute Gasteiger partial charge is 0.490 e. The zero-order valence-corrected chi connectivity index (χ0v) is 11.6. The molecule has 0 aliphatic carbocycles. The van der Waals surface area contributed by atoms with Gasteiger partial charge in [-0.2, -0.15) is 0 Å². The molecule has 0 aromatic heterocycles. The zero-order valence-electron chi connectivity index (χ0n) is 10.0. The molecule has 0 heterocycles. The highest BCUT2D eigenvalue weighted by molar-refractivity contribution is 9.10. The summed E-state index contributed by atoms with van der Waals surface area (Å²) < 4.78 is 6.36. The van der Waals surface area contributed by atoms with E-state index >= 15 is 0 Å². The second-order valence-corrected chi connectivity index (χ2v) is 4.57. The predicted octanol–water partition coefficient (Wildman–Crippen LogP) is 4.09. The molecular weight excluding hydrogens is 298 g/mol. The molecule has 94 valence electrons. The van der Waals surface area contributed by atoms with Crippen LogP contribution in [0.1, 0.15) is 19.4 Å². The summed E-state index contributed by atoms with van der Waals surface area (Å²) in [5, 5.41) is 2.94. The summed E-state index contributed by atoms with van der Waals surface area (Å²) in [5.41, 5.74) is 8.88. The Morgan fingerprint density at radius 2 is 2.28 bits per heavy atom. The second kappa shape index (κ2) is 6.83. The molecule has 5 nitrogen and oxygen atoms in total. The number of benzene rings is 1. The van der Waals surface area contributed by atoms with E-state index in [9.17, 15) is 4.79 Å². The van der Waals surface area contributed by atoms with Gasteiger partial charge in [-0.15, -0.1) is 0 Å². The number of hydrogen-bond donors (Lipinski definition) is 0. The van der Waals surface area contributed by atoms with Crippen molar-refractivity contribution >= 4 is 27.9 Å². The molecule has 18 heavy (non-hydrogen) atoms. The highest BCUT2D eigenvalue weighted by Crippen LogP contribution is 2.27. The topological polar surface area (TPSA) is 75.1 Å². The number of hydrogen-bond acceptors (Lipinski definition) is 2. The Kier molecular flexibility index (Phi) is 5.42. The number of rotatable bonds is 4. The molecule has 0 radical (unpaired) electrons. The van der Waals surface area contributed by atoms with Crippen LogP contribution >= 0.6 is 15.9 Å². The van der Waals surface area contributed by atoms with E-state index in [4.69, 9.17) is 10.3 Å². The van der Waals surface area contributed by atoms with E-state index in [-0.39, 0.29) is 6.10 Å². The van der Waals surface area contributed by atoms with Gasteiger partial charge >= 0.3 is 0 Å². The first-order chi connectivity index (χ1) is 8.52. The minimum absolute atomic E-state index is 0.0919. The summed E-state index contributed by atoms with van der Waals surface area (Å²) in [7, 11) is 0. The van der Waals surface area contributed by atoms with Crippen molar-refractivity contribution in [3.8, 4) is 5.75 Å². The number of carbonyl (C=O) groups is 1. The third-order valence-corrected chi connectivity index (χ3v) is 2.50. The fourth-order valence-electron chi connectivity index (χ4n) is 1.22. The lowest BCUT2D eigenvalue weighted by molar-refractivity contribution is -0.113. The van der Waals surface area contributed by atoms with Crippen LogP contribution in [0.3, 0.4) is 0 Å². The van der Waals surface area contributed by atoms with E-state index < -0.39 is 5.91 Å². The molecule has 0 atom stereocenters. The van der Waals surface area contributed by atoms with Gasteiger partial charge in [0.2, 0.25) is 5.91 Å². The van der Waals surface area contributed by atoms with Crippen LogP contribution in [0, 0.1) is 0 Å². The number of ether oxygens (including phenoxy) is 1. The molecule has 0 saturated heterocycles. The first-order valence-corrected chi connectivity index (χ1v) is 6.05. The van der Waals surface area contributed by atoms with Crippen molar-refractivity contribution in [2.75, 3.05) is 0 Å². The molecule has 0 aliphatic rings. The second-order valence-electron chi connectivity index (χ2n) is 3.72. The van der Waals surface area contributed by atoms with Gasteiger partial charge in [0.25, 0.3) is 0 Å². The Balaban J connectivity index is 2.84. The van der Waals surface area contributed by atoms with Crippen LogP contribution in [-0.2, 0) is 4.79 Å². The maximum Gasteiger partial charge on any atom is 0.242 e. The lowest BCUT2D eigenvalue weighted by Gasteiger charge is -2.11. The number of azide groups is 1. The Bertz CT molecular complexity index is 520. The van der Waals surface area contributed by atoms with Crippen LogP contribution in [0.5, 0.6) is 5.75 Å². The monoisotopic (exact) mass is 309 g/mol. The zero-order chi connectivity index (χ0) is 13.5. The van der Waals surface area contributed by atoms with Crippen molar-refractivity contribution in [2.24, 2.45) is 5.11 Å². The van der Waals surface area contributed by atoms with Gasteiger partial charge in [0, 0.05) is 4.91 Å². The highest BCUT2D eigenvalue weighted by atomic mass is 79.9. The molecule has 0 aliphatic heterocycles. The van der Waals surface area contributed by atoms with Gasteiger partial charge in [0.05, 0.1) is 10.6 Å². The van der Waals surface area contributed by atoms with Crippen molar-refractivity contribution in [3.63, 3.8) is 0 Å². The van der Waals surface area contributed by atoms with Gasteiger partial charge in [0.15, 0.2) is 0 Å². The maximum atomic E-state index is 11.0. The highest BCUT2D eigenvalue weighted by Gasteiger charge is 2.03. The molecule has 0 N–H and O–H groups in total. The molecule has 6 heteroatoms. The Morgan fingerprint density at radius 3 is 2.83 bits per heavy atom. The molecule has 0 fully saturated rings. The van der Waals surface area contributed by atoms with Crippen LogP contribution in [0.15, 0.2) is 33.9 Å². The summed E-state index contributed by atoms with van der Waals surface area (Å²) in [6.07, 6.45) is 2.88. The van der Waals surface area contributed by atoms with E-state index in [0.29, 0.717) is 0 Å². The third-order valence-electron chi connectivity index (χ3n) is 1.88. The van der Waals surface area contributed by atoms with E-state index in [1.165, 1.54) is 6.08 Å². The van der Waals surface area contributed by atoms with Gasteiger partial charge in [-0.3, -0.25) is 4.79 Å². The molecule has 1 rings (SSSR count). The van der Waals surface area contributed by atoms with Crippen LogP contribution in [0.4, 0.5) is 0 Å². The van der Waals surface area contributed by atoms with E-state index in [1.807, 2.05) is 32.0 Å². The summed E-state index contributed by atoms with van der Waals surface area (Å²) in [6, 6.07) is 5.43. The lowest BCUT2D eigenvalue weighted by atomic mass is 10.2. The van der Waals surface area contributed by atoms with Crippen molar-refractivity contribution in [1.29, 1.82) is 0 Å². The summed E-state index contributed by atoms with van der Waals surface area (Å²) in [4.78, 5) is 13.4. The molecule has 0 saturated carbocycles. The lowest BCUT2D eigenvalue weighted by Crippen LogP contribution is -2.05. The molecule has 1 aromatic carbocycles. The van der Waals surface area contributed by atoms with Crippen molar-refractivity contribution in [1.82, 2.24) is 0 Å². The van der Waals surface area contributed by atoms with Crippen molar-refractivity contribution < 1.29 is 9.53 Å². The average Bonchev–Trinajstić information content (AvgIpc) is 2.29. The summed E-state index contributed by atoms with van der Waals surface area (Å²) in [5.74, 6) is 0.111. The number of carbonyl (C=O) groups excluding carboxylic acids is 1. The third kappa shape index (κ3) is 4.61. The predicted molar refractivity (Wildman–Crippen MR) is 73.1 cm³/mol. The minimum atomic E-state index is -0.629. The Labute approximate surface area is 113 Å². The summed E-state index contributed by atoms with van der Waals surface area (Å²) in [6.45, 7) is 3.89. The first kappa shape index (κ1) is 14.3. The van der Waals surface area contributed by atoms with Crippen LogP contribution in [0.2, 0.25) is 0 Å². The summed E-state index contributed by atoms with van der Waals surface area (Å²) >= 11 is 3.39. The van der Waals surface area contributed by atoms with E-state index in [2.05, 4.69) is 26.0 Å². The van der Waals surface area contributed by atoms with Gasteiger partial charge < -0.3 is 4.74 Å². The number of nitrogens with zero attached hydrogens (tertiary/aromatic N) is 3.